The number of nitrogens with two attached hydrogens (primary N) is 1. The highest BCUT2D eigenvalue weighted by Crippen LogP contribution is 2.26. The van der Waals surface area contributed by atoms with E-state index < -0.39 is 15.6 Å². The average molecular weight is 314 g/mol. The molecule has 0 radical (unpaired) electrons. The largest absolute Gasteiger partial charge is 0.389 e. The molecule has 0 spiro atoms. The van der Waals surface area contributed by atoms with Gasteiger partial charge < -0.3 is 10.8 Å². The van der Waals surface area contributed by atoms with E-state index in [4.69, 9.17) is 18.0 Å². The smallest absolute Gasteiger partial charge is 0.243 e. The fraction of sp³-hybridized carbons (Fsp3) is 0.462. The molecule has 3 N–H and O–H groups in total. The van der Waals surface area contributed by atoms with Crippen molar-refractivity contribution >= 4 is 27.2 Å². The maximum atomic E-state index is 12.6. The summed E-state index contributed by atoms with van der Waals surface area (Å²) < 4.78 is 26.5. The zero-order valence-electron chi connectivity index (χ0n) is 11.2. The molecule has 0 amide bonds. The lowest BCUT2D eigenvalue weighted by atomic mass is 9.97. The number of rotatable bonds is 3. The van der Waals surface area contributed by atoms with Crippen molar-refractivity contribution in [2.45, 2.75) is 30.3 Å². The molecule has 0 bridgehead atoms. The first-order valence-corrected chi connectivity index (χ1v) is 8.20. The van der Waals surface area contributed by atoms with Crippen molar-refractivity contribution in [2.24, 2.45) is 5.73 Å². The third-order valence-electron chi connectivity index (χ3n) is 3.40. The van der Waals surface area contributed by atoms with Gasteiger partial charge in [0.1, 0.15) is 4.99 Å². The molecule has 1 fully saturated rings. The summed E-state index contributed by atoms with van der Waals surface area (Å²) in [7, 11) is -3.63. The van der Waals surface area contributed by atoms with Crippen LogP contribution in [0, 0.1) is 0 Å². The van der Waals surface area contributed by atoms with Crippen LogP contribution in [0.3, 0.4) is 0 Å². The monoisotopic (exact) mass is 314 g/mol. The molecule has 5 nitrogen and oxygen atoms in total. The van der Waals surface area contributed by atoms with Crippen LogP contribution in [0.25, 0.3) is 0 Å². The fourth-order valence-corrected chi connectivity index (χ4v) is 4.11. The molecule has 1 saturated heterocycles. The second kappa shape index (κ2) is 5.40. The van der Waals surface area contributed by atoms with Crippen LogP contribution < -0.4 is 5.73 Å². The van der Waals surface area contributed by atoms with Gasteiger partial charge in [0, 0.05) is 18.7 Å². The molecule has 1 aliphatic heterocycles. The van der Waals surface area contributed by atoms with Crippen LogP contribution in [-0.4, -0.2) is 41.5 Å². The molecule has 2 rings (SSSR count). The predicted molar refractivity (Wildman–Crippen MR) is 80.9 cm³/mol. The first kappa shape index (κ1) is 15.4. The van der Waals surface area contributed by atoms with E-state index in [0.29, 0.717) is 24.9 Å². The van der Waals surface area contributed by atoms with Crippen molar-refractivity contribution in [3.63, 3.8) is 0 Å². The lowest BCUT2D eigenvalue weighted by molar-refractivity contribution is 0.00940. The Hall–Kier alpha value is -1.02. The Morgan fingerprint density at radius 3 is 2.80 bits per heavy atom. The quantitative estimate of drug-likeness (QED) is 0.808. The molecule has 1 atom stereocenters. The molecule has 1 aromatic rings. The van der Waals surface area contributed by atoms with Crippen molar-refractivity contribution in [2.75, 3.05) is 13.1 Å². The molecular formula is C13H18N2O3S2. The lowest BCUT2D eigenvalue weighted by Gasteiger charge is -2.35. The summed E-state index contributed by atoms with van der Waals surface area (Å²) in [5.74, 6) is 0. The number of nitrogens with zero attached hydrogens (tertiary/aromatic N) is 1. The lowest BCUT2D eigenvalue weighted by Crippen LogP contribution is -2.48. The molecule has 1 aromatic carbocycles. The number of sulfonamides is 1. The van der Waals surface area contributed by atoms with Gasteiger partial charge >= 0.3 is 0 Å². The third-order valence-corrected chi connectivity index (χ3v) is 5.47. The minimum absolute atomic E-state index is 0.104. The average Bonchev–Trinajstić information content (AvgIpc) is 2.37. The number of β-amino-alcohol motifs (C(OH)–C–C–N with tert-alkyl or cyclic N) is 1. The summed E-state index contributed by atoms with van der Waals surface area (Å²) >= 11 is 4.87. The molecule has 0 saturated carbocycles. The topological polar surface area (TPSA) is 83.6 Å². The molecule has 7 heteroatoms. The van der Waals surface area contributed by atoms with Crippen LogP contribution in [0.4, 0.5) is 0 Å². The van der Waals surface area contributed by atoms with Gasteiger partial charge in [0.15, 0.2) is 0 Å². The first-order chi connectivity index (χ1) is 9.22. The highest BCUT2D eigenvalue weighted by atomic mass is 32.2. The SMILES string of the molecule is CC1(O)CCCN(S(=O)(=O)c2cccc(C(N)=S)c2)C1. The number of hydrogen-bond acceptors (Lipinski definition) is 4. The Morgan fingerprint density at radius 1 is 1.50 bits per heavy atom. The molecule has 0 aliphatic carbocycles. The Morgan fingerprint density at radius 2 is 2.20 bits per heavy atom. The molecule has 1 aliphatic rings. The first-order valence-electron chi connectivity index (χ1n) is 6.35. The summed E-state index contributed by atoms with van der Waals surface area (Å²) in [6, 6.07) is 6.28. The van der Waals surface area contributed by atoms with Crippen molar-refractivity contribution < 1.29 is 13.5 Å². The van der Waals surface area contributed by atoms with Gasteiger partial charge in [-0.05, 0) is 31.9 Å². The second-order valence-corrected chi connectivity index (χ2v) is 7.71. The maximum absolute atomic E-state index is 12.6. The standard InChI is InChI=1S/C13H18N2O3S2/c1-13(16)6-3-7-15(9-13)20(17,18)11-5-2-4-10(8-11)12(14)19/h2,4-5,8,16H,3,6-7,9H2,1H3,(H2,14,19). The van der Waals surface area contributed by atoms with Gasteiger partial charge in [-0.15, -0.1) is 0 Å². The third kappa shape index (κ3) is 3.17. The highest BCUT2D eigenvalue weighted by Gasteiger charge is 2.35. The van der Waals surface area contributed by atoms with Crippen LogP contribution in [-0.2, 0) is 10.0 Å². The van der Waals surface area contributed by atoms with Crippen molar-refractivity contribution in [1.29, 1.82) is 0 Å². The van der Waals surface area contributed by atoms with Crippen LogP contribution in [0.5, 0.6) is 0 Å². The fourth-order valence-electron chi connectivity index (χ4n) is 2.34. The zero-order chi connectivity index (χ0) is 15.0. The van der Waals surface area contributed by atoms with Gasteiger partial charge in [-0.2, -0.15) is 4.31 Å². The highest BCUT2D eigenvalue weighted by molar-refractivity contribution is 7.89. The molecule has 1 unspecified atom stereocenters. The van der Waals surface area contributed by atoms with Gasteiger partial charge in [-0.3, -0.25) is 0 Å². The van der Waals surface area contributed by atoms with Crippen molar-refractivity contribution in [1.82, 2.24) is 4.31 Å². The summed E-state index contributed by atoms with van der Waals surface area (Å²) in [4.78, 5) is 0.313. The summed E-state index contributed by atoms with van der Waals surface area (Å²) in [5.41, 5.74) is 5.07. The molecule has 1 heterocycles. The van der Waals surface area contributed by atoms with Gasteiger partial charge in [0.25, 0.3) is 0 Å². The Labute approximate surface area is 124 Å². The Kier molecular flexibility index (Phi) is 4.15. The normalized spacial score (nSPS) is 24.5. The van der Waals surface area contributed by atoms with Gasteiger partial charge in [0.2, 0.25) is 10.0 Å². The number of aliphatic hydroxyl groups is 1. The van der Waals surface area contributed by atoms with E-state index in [2.05, 4.69) is 0 Å². The zero-order valence-corrected chi connectivity index (χ0v) is 12.9. The number of piperidine rings is 1. The maximum Gasteiger partial charge on any atom is 0.243 e. The van der Waals surface area contributed by atoms with Crippen molar-refractivity contribution in [3.8, 4) is 0 Å². The molecule has 110 valence electrons. The number of hydrogen-bond donors (Lipinski definition) is 2. The minimum atomic E-state index is -3.63. The van der Waals surface area contributed by atoms with E-state index in [0.717, 1.165) is 0 Å². The Balaban J connectivity index is 2.35. The van der Waals surface area contributed by atoms with Crippen LogP contribution in [0.1, 0.15) is 25.3 Å². The van der Waals surface area contributed by atoms with Crippen LogP contribution in [0.2, 0.25) is 0 Å². The van der Waals surface area contributed by atoms with E-state index in [9.17, 15) is 13.5 Å². The van der Waals surface area contributed by atoms with Crippen LogP contribution in [0.15, 0.2) is 29.2 Å². The number of benzene rings is 1. The van der Waals surface area contributed by atoms with Crippen molar-refractivity contribution in [3.05, 3.63) is 29.8 Å². The second-order valence-electron chi connectivity index (χ2n) is 5.33. The summed E-state index contributed by atoms with van der Waals surface area (Å²) in [6.07, 6.45) is 1.24. The predicted octanol–water partition coefficient (Wildman–Crippen LogP) is 0.856. The van der Waals surface area contributed by atoms with Gasteiger partial charge in [-0.25, -0.2) is 8.42 Å². The van der Waals surface area contributed by atoms with Gasteiger partial charge in [0.05, 0.1) is 10.5 Å². The van der Waals surface area contributed by atoms with E-state index in [1.54, 1.807) is 19.1 Å². The van der Waals surface area contributed by atoms with E-state index in [1.165, 1.54) is 16.4 Å². The minimum Gasteiger partial charge on any atom is -0.389 e. The summed E-state index contributed by atoms with van der Waals surface area (Å²) in [6.45, 7) is 2.17. The Bertz CT molecular complexity index is 626. The van der Waals surface area contributed by atoms with Gasteiger partial charge in [-0.1, -0.05) is 24.4 Å². The van der Waals surface area contributed by atoms with E-state index >= 15 is 0 Å². The molecule has 0 aromatic heterocycles. The summed E-state index contributed by atoms with van der Waals surface area (Å²) in [5, 5.41) is 10.1. The number of thiocarbonyl (C=S) groups is 1. The molecule has 20 heavy (non-hydrogen) atoms. The molecular weight excluding hydrogens is 296 g/mol. The van der Waals surface area contributed by atoms with E-state index in [-0.39, 0.29) is 16.4 Å². The van der Waals surface area contributed by atoms with E-state index in [1.807, 2.05) is 0 Å². The van der Waals surface area contributed by atoms with Crippen LogP contribution >= 0.6 is 12.2 Å².